The first-order valence-electron chi connectivity index (χ1n) is 7.73. The van der Waals surface area contributed by atoms with Crippen molar-refractivity contribution in [2.24, 2.45) is 11.3 Å². The van der Waals surface area contributed by atoms with Gasteiger partial charge in [-0.1, -0.05) is 0 Å². The number of ether oxygens (including phenoxy) is 1. The molecule has 2 atom stereocenters. The number of carbonyl (C=O) groups is 1. The van der Waals surface area contributed by atoms with E-state index in [0.29, 0.717) is 18.2 Å². The second kappa shape index (κ2) is 6.32. The molecule has 4 heterocycles. The smallest absolute Gasteiger partial charge is 0.270 e. The van der Waals surface area contributed by atoms with Gasteiger partial charge in [0.25, 0.3) is 5.91 Å². The van der Waals surface area contributed by atoms with Crippen LogP contribution < -0.4 is 5.32 Å². The Balaban J connectivity index is 1.40. The zero-order valence-corrected chi connectivity index (χ0v) is 14.4. The lowest BCUT2D eigenvalue weighted by atomic mass is 9.81. The maximum atomic E-state index is 12.2. The molecule has 0 aliphatic carbocycles. The predicted molar refractivity (Wildman–Crippen MR) is 90.8 cm³/mol. The van der Waals surface area contributed by atoms with Crippen LogP contribution in [0.15, 0.2) is 27.7 Å². The number of hydrogen-bond donors (Lipinski definition) is 1. The summed E-state index contributed by atoms with van der Waals surface area (Å²) in [5.74, 6) is 0.416. The number of rotatable bonds is 5. The van der Waals surface area contributed by atoms with Gasteiger partial charge in [0.05, 0.1) is 18.7 Å². The van der Waals surface area contributed by atoms with Crippen molar-refractivity contribution in [2.45, 2.75) is 6.54 Å². The van der Waals surface area contributed by atoms with Crippen LogP contribution in [-0.2, 0) is 11.3 Å². The second-order valence-electron chi connectivity index (χ2n) is 6.43. The molecule has 7 heteroatoms. The van der Waals surface area contributed by atoms with E-state index in [4.69, 9.17) is 4.74 Å². The van der Waals surface area contributed by atoms with Crippen LogP contribution in [0.4, 0.5) is 0 Å². The van der Waals surface area contributed by atoms with E-state index >= 15 is 0 Å². The Morgan fingerprint density at radius 3 is 3.22 bits per heavy atom. The molecule has 0 radical (unpaired) electrons. The topological polar surface area (TPSA) is 54.5 Å². The molecule has 0 saturated carbocycles. The Labute approximate surface area is 143 Å². The van der Waals surface area contributed by atoms with Crippen molar-refractivity contribution in [1.29, 1.82) is 0 Å². The van der Waals surface area contributed by atoms with Crippen molar-refractivity contribution in [1.82, 2.24) is 15.2 Å². The molecule has 2 aromatic rings. The van der Waals surface area contributed by atoms with E-state index in [0.717, 1.165) is 32.8 Å². The predicted octanol–water partition coefficient (Wildman–Crippen LogP) is 2.08. The number of likely N-dealkylation sites (tertiary alicyclic amines) is 1. The summed E-state index contributed by atoms with van der Waals surface area (Å²) in [4.78, 5) is 18.7. The van der Waals surface area contributed by atoms with E-state index in [2.05, 4.69) is 32.0 Å². The molecule has 1 N–H and O–H groups in total. The van der Waals surface area contributed by atoms with Crippen LogP contribution in [0.5, 0.6) is 0 Å². The molecule has 2 saturated heterocycles. The van der Waals surface area contributed by atoms with E-state index in [1.54, 1.807) is 22.2 Å². The summed E-state index contributed by atoms with van der Waals surface area (Å²) in [5, 5.41) is 9.19. The molecule has 122 valence electrons. The Hall–Kier alpha value is -1.28. The van der Waals surface area contributed by atoms with Gasteiger partial charge in [0.1, 0.15) is 5.69 Å². The van der Waals surface area contributed by atoms with Gasteiger partial charge in [-0.3, -0.25) is 9.69 Å². The number of nitrogens with one attached hydrogen (secondary N) is 1. The molecule has 0 aromatic carbocycles. The molecule has 23 heavy (non-hydrogen) atoms. The summed E-state index contributed by atoms with van der Waals surface area (Å²) < 4.78 is 5.73. The summed E-state index contributed by atoms with van der Waals surface area (Å²) in [5.41, 5.74) is 3.61. The van der Waals surface area contributed by atoms with Crippen LogP contribution >= 0.6 is 22.7 Å². The molecular formula is C16H19N3O2S2. The van der Waals surface area contributed by atoms with Gasteiger partial charge in [-0.2, -0.15) is 11.3 Å². The summed E-state index contributed by atoms with van der Waals surface area (Å²) in [6, 6.07) is 2.19. The van der Waals surface area contributed by atoms with Gasteiger partial charge in [0, 0.05) is 42.9 Å². The van der Waals surface area contributed by atoms with Crippen molar-refractivity contribution in [3.8, 4) is 0 Å². The number of thiophene rings is 1. The minimum absolute atomic E-state index is 0.0434. The second-order valence-corrected chi connectivity index (χ2v) is 7.93. The summed E-state index contributed by atoms with van der Waals surface area (Å²) in [7, 11) is 0. The zero-order valence-electron chi connectivity index (χ0n) is 12.7. The van der Waals surface area contributed by atoms with Crippen molar-refractivity contribution >= 4 is 28.6 Å². The highest BCUT2D eigenvalue weighted by Gasteiger charge is 2.50. The molecule has 0 unspecified atom stereocenters. The van der Waals surface area contributed by atoms with Crippen molar-refractivity contribution in [3.63, 3.8) is 0 Å². The van der Waals surface area contributed by atoms with E-state index < -0.39 is 0 Å². The van der Waals surface area contributed by atoms with Gasteiger partial charge in [0.2, 0.25) is 0 Å². The lowest BCUT2D eigenvalue weighted by molar-refractivity contribution is 0.0900. The minimum atomic E-state index is -0.0810. The maximum absolute atomic E-state index is 12.2. The zero-order chi connectivity index (χ0) is 15.7. The lowest BCUT2D eigenvalue weighted by Gasteiger charge is -2.27. The van der Waals surface area contributed by atoms with Gasteiger partial charge < -0.3 is 10.1 Å². The fourth-order valence-corrected chi connectivity index (χ4v) is 4.82. The summed E-state index contributed by atoms with van der Waals surface area (Å²) in [6.45, 7) is 5.20. The first-order valence-corrected chi connectivity index (χ1v) is 9.61. The van der Waals surface area contributed by atoms with Crippen LogP contribution in [-0.4, -0.2) is 48.6 Å². The number of amides is 1. The van der Waals surface area contributed by atoms with Crippen molar-refractivity contribution in [2.75, 3.05) is 32.8 Å². The fraction of sp³-hybridized carbons (Fsp3) is 0.500. The fourth-order valence-electron chi connectivity index (χ4n) is 3.63. The van der Waals surface area contributed by atoms with Gasteiger partial charge in [0.15, 0.2) is 0 Å². The average Bonchev–Trinajstić information content (AvgIpc) is 3.29. The Morgan fingerprint density at radius 1 is 1.48 bits per heavy atom. The van der Waals surface area contributed by atoms with E-state index in [9.17, 15) is 4.79 Å². The number of hydrogen-bond acceptors (Lipinski definition) is 6. The first kappa shape index (κ1) is 15.3. The monoisotopic (exact) mass is 349 g/mol. The maximum Gasteiger partial charge on any atom is 0.270 e. The van der Waals surface area contributed by atoms with Gasteiger partial charge in [-0.05, 0) is 22.4 Å². The van der Waals surface area contributed by atoms with Crippen molar-refractivity contribution < 1.29 is 9.53 Å². The number of nitrogens with zero attached hydrogens (tertiary/aromatic N) is 2. The standard InChI is InChI=1S/C16H19N3O2S2/c20-15(14-7-23-11-18-14)17-8-16-9-19(3-12-1-2-22-6-12)4-13(16)5-21-10-16/h1-2,6-7,11,13H,3-5,8-10H2,(H,17,20)/t13-,16+/m1/s1. The minimum Gasteiger partial charge on any atom is -0.380 e. The van der Waals surface area contributed by atoms with Crippen LogP contribution in [0.1, 0.15) is 16.1 Å². The molecule has 0 spiro atoms. The summed E-state index contributed by atoms with van der Waals surface area (Å²) >= 11 is 3.18. The Morgan fingerprint density at radius 2 is 2.43 bits per heavy atom. The molecular weight excluding hydrogens is 330 g/mol. The number of aromatic nitrogens is 1. The SMILES string of the molecule is O=C(NC[C@]12COC[C@H]1CN(Cc1ccsc1)C2)c1cscn1. The van der Waals surface area contributed by atoms with Crippen LogP contribution in [0.2, 0.25) is 0 Å². The molecule has 5 nitrogen and oxygen atoms in total. The third kappa shape index (κ3) is 3.06. The molecule has 0 bridgehead atoms. The molecule has 2 aromatic heterocycles. The highest BCUT2D eigenvalue weighted by atomic mass is 32.1. The first-order chi connectivity index (χ1) is 11.3. The summed E-state index contributed by atoms with van der Waals surface area (Å²) in [6.07, 6.45) is 0. The quantitative estimate of drug-likeness (QED) is 0.898. The normalized spacial score (nSPS) is 27.2. The molecule has 1 amide bonds. The molecule has 2 aliphatic rings. The Bertz CT molecular complexity index is 659. The molecule has 4 rings (SSSR count). The third-order valence-electron chi connectivity index (χ3n) is 4.84. The van der Waals surface area contributed by atoms with E-state index in [1.807, 2.05) is 0 Å². The van der Waals surface area contributed by atoms with Gasteiger partial charge in [-0.25, -0.2) is 4.98 Å². The highest BCUT2D eigenvalue weighted by molar-refractivity contribution is 7.08. The molecule has 2 aliphatic heterocycles. The number of fused-ring (bicyclic) bond motifs is 1. The van der Waals surface area contributed by atoms with E-state index in [-0.39, 0.29) is 11.3 Å². The number of thiazole rings is 1. The Kier molecular flexibility index (Phi) is 4.19. The lowest BCUT2D eigenvalue weighted by Crippen LogP contribution is -2.43. The van der Waals surface area contributed by atoms with Crippen LogP contribution in [0.25, 0.3) is 0 Å². The number of carbonyl (C=O) groups excluding carboxylic acids is 1. The third-order valence-corrected chi connectivity index (χ3v) is 6.16. The molecule has 2 fully saturated rings. The van der Waals surface area contributed by atoms with Crippen LogP contribution in [0.3, 0.4) is 0 Å². The van der Waals surface area contributed by atoms with Crippen LogP contribution in [0, 0.1) is 11.3 Å². The van der Waals surface area contributed by atoms with E-state index in [1.165, 1.54) is 16.9 Å². The van der Waals surface area contributed by atoms with Gasteiger partial charge >= 0.3 is 0 Å². The van der Waals surface area contributed by atoms with Crippen molar-refractivity contribution in [3.05, 3.63) is 39.0 Å². The largest absolute Gasteiger partial charge is 0.380 e. The van der Waals surface area contributed by atoms with Gasteiger partial charge in [-0.15, -0.1) is 11.3 Å². The average molecular weight is 349 g/mol. The highest BCUT2D eigenvalue weighted by Crippen LogP contribution is 2.41.